The van der Waals surface area contributed by atoms with Crippen molar-refractivity contribution >= 4 is 53.2 Å². The van der Waals surface area contributed by atoms with Crippen molar-refractivity contribution in [1.29, 1.82) is 0 Å². The summed E-state index contributed by atoms with van der Waals surface area (Å²) in [6, 6.07) is -9.60. The smallest absolute Gasteiger partial charge is 0.326 e. The minimum absolute atomic E-state index is 0.0516. The lowest BCUT2D eigenvalue weighted by atomic mass is 9.96. The van der Waals surface area contributed by atoms with E-state index in [1.165, 1.54) is 12.5 Å². The molecule has 332 valence electrons. The SMILES string of the molecule is CC[C@H](C)[C@H](NC(=O)[C@@H](N)C(C)C)C(=O)N[C@@H](CO)C(=O)N[C@@H](CO)C(=O)N[C@@H](Cc1cnc[nH]1)C(=O)N[C@@H](CC(C)C)C(=O)NCC(=O)N[C@@H](CCC(N)=O)C(=O)O. The summed E-state index contributed by atoms with van der Waals surface area (Å²) in [5.74, 6) is -9.23. The van der Waals surface area contributed by atoms with Gasteiger partial charge in [0.15, 0.2) is 0 Å². The molecule has 0 aromatic carbocycles. The maximum atomic E-state index is 13.7. The number of imidazole rings is 1. The zero-order valence-corrected chi connectivity index (χ0v) is 34.2. The highest BCUT2D eigenvalue weighted by Crippen LogP contribution is 2.11. The lowest BCUT2D eigenvalue weighted by Gasteiger charge is -2.28. The second-order valence-corrected chi connectivity index (χ2v) is 14.8. The fourth-order valence-corrected chi connectivity index (χ4v) is 5.33. The first-order chi connectivity index (χ1) is 27.6. The summed E-state index contributed by atoms with van der Waals surface area (Å²) in [4.78, 5) is 121. The lowest BCUT2D eigenvalue weighted by Crippen LogP contribution is -2.61. The molecule has 0 spiro atoms. The number of aliphatic carboxylic acids is 1. The van der Waals surface area contributed by atoms with Gasteiger partial charge in [0.2, 0.25) is 47.3 Å². The number of H-pyrrole nitrogens is 1. The number of carboxylic acid groups (broad SMARTS) is 1. The molecule has 1 rings (SSSR count). The molecular weight excluding hydrogens is 778 g/mol. The van der Waals surface area contributed by atoms with Crippen molar-refractivity contribution in [2.75, 3.05) is 19.8 Å². The second kappa shape index (κ2) is 25.6. The molecule has 0 aliphatic rings. The van der Waals surface area contributed by atoms with Crippen LogP contribution in [0.15, 0.2) is 12.5 Å². The van der Waals surface area contributed by atoms with Crippen molar-refractivity contribution in [3.05, 3.63) is 18.2 Å². The van der Waals surface area contributed by atoms with E-state index in [1.54, 1.807) is 41.5 Å². The van der Waals surface area contributed by atoms with Gasteiger partial charge in [0.05, 0.1) is 32.1 Å². The molecule has 15 N–H and O–H groups in total. The van der Waals surface area contributed by atoms with Crippen LogP contribution in [0.25, 0.3) is 0 Å². The Morgan fingerprint density at radius 3 is 1.75 bits per heavy atom. The molecule has 0 radical (unpaired) electrons. The van der Waals surface area contributed by atoms with Crippen LogP contribution in [0.4, 0.5) is 0 Å². The van der Waals surface area contributed by atoms with E-state index in [4.69, 9.17) is 11.5 Å². The number of rotatable bonds is 27. The summed E-state index contributed by atoms with van der Waals surface area (Å²) in [6.07, 6.45) is 2.35. The number of primary amides is 1. The first kappa shape index (κ1) is 51.3. The van der Waals surface area contributed by atoms with Crippen LogP contribution in [0.5, 0.6) is 0 Å². The number of aromatic nitrogens is 2. The van der Waals surface area contributed by atoms with Gasteiger partial charge in [0.25, 0.3) is 0 Å². The zero-order chi connectivity index (χ0) is 45.0. The number of hydrogen-bond donors (Lipinski definition) is 13. The van der Waals surface area contributed by atoms with E-state index >= 15 is 0 Å². The summed E-state index contributed by atoms with van der Waals surface area (Å²) in [7, 11) is 0. The Morgan fingerprint density at radius 2 is 1.27 bits per heavy atom. The minimum atomic E-state index is -1.72. The van der Waals surface area contributed by atoms with Gasteiger partial charge in [-0.05, 0) is 30.6 Å². The molecule has 1 aromatic rings. The molecule has 8 atom stereocenters. The molecule has 23 nitrogen and oxygen atoms in total. The van der Waals surface area contributed by atoms with Crippen LogP contribution in [-0.2, 0) is 49.6 Å². The Labute approximate surface area is 341 Å². The Bertz CT molecular complexity index is 1590. The average Bonchev–Trinajstić information content (AvgIpc) is 3.69. The van der Waals surface area contributed by atoms with Gasteiger partial charge in [0, 0.05) is 24.7 Å². The van der Waals surface area contributed by atoms with Gasteiger partial charge >= 0.3 is 5.97 Å². The molecule has 23 heteroatoms. The molecule has 0 bridgehead atoms. The predicted molar refractivity (Wildman–Crippen MR) is 209 cm³/mol. The fourth-order valence-electron chi connectivity index (χ4n) is 5.33. The minimum Gasteiger partial charge on any atom is -0.480 e. The average molecular weight is 840 g/mol. The number of carbonyl (C=O) groups excluding carboxylic acids is 8. The number of nitrogens with two attached hydrogens (primary N) is 2. The Morgan fingerprint density at radius 1 is 0.729 bits per heavy atom. The number of nitrogens with zero attached hydrogens (tertiary/aromatic N) is 1. The summed E-state index contributed by atoms with van der Waals surface area (Å²) in [5, 5.41) is 46.1. The van der Waals surface area contributed by atoms with Crippen molar-refractivity contribution in [3.8, 4) is 0 Å². The molecule has 0 saturated carbocycles. The normalized spacial score (nSPS) is 15.2. The molecule has 0 aliphatic heterocycles. The molecule has 0 unspecified atom stereocenters. The predicted octanol–water partition coefficient (Wildman–Crippen LogP) is -4.61. The van der Waals surface area contributed by atoms with Crippen LogP contribution in [0.2, 0.25) is 0 Å². The topological polar surface area (TPSA) is 379 Å². The van der Waals surface area contributed by atoms with Crippen molar-refractivity contribution < 1.29 is 58.5 Å². The van der Waals surface area contributed by atoms with E-state index in [1.807, 2.05) is 0 Å². The molecule has 0 saturated heterocycles. The third-order valence-electron chi connectivity index (χ3n) is 9.13. The van der Waals surface area contributed by atoms with Crippen LogP contribution < -0.4 is 48.7 Å². The highest BCUT2D eigenvalue weighted by atomic mass is 16.4. The molecule has 1 heterocycles. The Balaban J connectivity index is 3.15. The number of hydrogen-bond acceptors (Lipinski definition) is 13. The Hall–Kier alpha value is -5.68. The fraction of sp³-hybridized carbons (Fsp3) is 0.667. The third kappa shape index (κ3) is 18.2. The maximum absolute atomic E-state index is 13.7. The first-order valence-electron chi connectivity index (χ1n) is 19.2. The van der Waals surface area contributed by atoms with E-state index in [9.17, 15) is 58.5 Å². The zero-order valence-electron chi connectivity index (χ0n) is 34.2. The maximum Gasteiger partial charge on any atom is 0.326 e. The van der Waals surface area contributed by atoms with E-state index < -0.39 is 121 Å². The number of aliphatic hydroxyl groups excluding tert-OH is 2. The van der Waals surface area contributed by atoms with Gasteiger partial charge in [-0.15, -0.1) is 0 Å². The van der Waals surface area contributed by atoms with Crippen LogP contribution in [0.1, 0.15) is 72.9 Å². The standard InChI is InChI=1S/C36H61N11O12/c1-7-19(6)29(47-34(56)28(38)18(4)5)35(57)46-25(15-49)33(55)45-24(14-48)32(54)44-23(11-20-12-39-16-41-20)31(53)43-22(10-17(2)3)30(52)40-13-27(51)42-21(36(58)59)8-9-26(37)50/h12,16-19,21-25,28-29,48-49H,7-11,13-15,38H2,1-6H3,(H2,37,50)(H,39,41)(H,40,52)(H,42,51)(H,43,53)(H,44,54)(H,45,55)(H,46,57)(H,47,56)(H,58,59)/t19-,21-,22-,23-,24-,25-,28-,29-/m0/s1. The Kier molecular flexibility index (Phi) is 22.3. The third-order valence-corrected chi connectivity index (χ3v) is 9.13. The number of amides is 8. The molecule has 1 aromatic heterocycles. The van der Waals surface area contributed by atoms with Gasteiger partial charge in [-0.2, -0.15) is 0 Å². The van der Waals surface area contributed by atoms with E-state index in [0.29, 0.717) is 12.1 Å². The number of aromatic amines is 1. The van der Waals surface area contributed by atoms with Crippen molar-refractivity contribution in [2.24, 2.45) is 29.2 Å². The monoisotopic (exact) mass is 839 g/mol. The van der Waals surface area contributed by atoms with E-state index in [0.717, 1.165) is 0 Å². The van der Waals surface area contributed by atoms with Gasteiger partial charge in [-0.3, -0.25) is 38.4 Å². The van der Waals surface area contributed by atoms with Crippen molar-refractivity contribution in [2.45, 2.75) is 116 Å². The van der Waals surface area contributed by atoms with Crippen LogP contribution in [0.3, 0.4) is 0 Å². The van der Waals surface area contributed by atoms with Gasteiger partial charge in [-0.1, -0.05) is 48.0 Å². The lowest BCUT2D eigenvalue weighted by molar-refractivity contribution is -0.142. The van der Waals surface area contributed by atoms with Crippen molar-refractivity contribution in [3.63, 3.8) is 0 Å². The first-order valence-corrected chi connectivity index (χ1v) is 19.2. The summed E-state index contributed by atoms with van der Waals surface area (Å²) in [6.45, 7) is 7.79. The van der Waals surface area contributed by atoms with Crippen LogP contribution >= 0.6 is 0 Å². The number of carboxylic acids is 1. The molecule has 8 amide bonds. The van der Waals surface area contributed by atoms with Gasteiger partial charge in [0.1, 0.15) is 36.3 Å². The second-order valence-electron chi connectivity index (χ2n) is 14.8. The number of carbonyl (C=O) groups is 9. The highest BCUT2D eigenvalue weighted by Gasteiger charge is 2.34. The summed E-state index contributed by atoms with van der Waals surface area (Å²) in [5.41, 5.74) is 11.4. The van der Waals surface area contributed by atoms with Crippen LogP contribution in [0, 0.1) is 17.8 Å². The number of aliphatic hydroxyl groups is 2. The quantitative estimate of drug-likeness (QED) is 0.0397. The molecular formula is C36H61N11O12. The van der Waals surface area contributed by atoms with Crippen molar-refractivity contribution in [1.82, 2.24) is 47.2 Å². The van der Waals surface area contributed by atoms with Crippen LogP contribution in [-0.4, -0.2) is 141 Å². The molecule has 0 fully saturated rings. The van der Waals surface area contributed by atoms with Gasteiger partial charge in [-0.25, -0.2) is 9.78 Å². The summed E-state index contributed by atoms with van der Waals surface area (Å²) < 4.78 is 0. The van der Waals surface area contributed by atoms with E-state index in [-0.39, 0.29) is 37.5 Å². The highest BCUT2D eigenvalue weighted by molar-refractivity contribution is 5.97. The number of nitrogens with one attached hydrogen (secondary N) is 8. The van der Waals surface area contributed by atoms with Gasteiger partial charge < -0.3 is 69.0 Å². The largest absolute Gasteiger partial charge is 0.480 e. The molecule has 59 heavy (non-hydrogen) atoms. The summed E-state index contributed by atoms with van der Waals surface area (Å²) >= 11 is 0. The molecule has 0 aliphatic carbocycles. The van der Waals surface area contributed by atoms with E-state index in [2.05, 4.69) is 47.2 Å².